The van der Waals surface area contributed by atoms with Gasteiger partial charge in [0.25, 0.3) is 0 Å². The highest BCUT2D eigenvalue weighted by atomic mass is 32.2. The molecule has 12 heteroatoms. The van der Waals surface area contributed by atoms with Crippen molar-refractivity contribution in [3.63, 3.8) is 0 Å². The number of sulfone groups is 1. The lowest BCUT2D eigenvalue weighted by Gasteiger charge is -2.22. The summed E-state index contributed by atoms with van der Waals surface area (Å²) in [5, 5.41) is 15.0. The Morgan fingerprint density at radius 3 is 2.12 bits per heavy atom. The van der Waals surface area contributed by atoms with E-state index in [0.717, 1.165) is 24.8 Å². The number of aryl methyl sites for hydroxylation is 2. The minimum atomic E-state index is -3.74. The fourth-order valence-electron chi connectivity index (χ4n) is 4.54. The Morgan fingerprint density at radius 2 is 1.56 bits per heavy atom. The summed E-state index contributed by atoms with van der Waals surface area (Å²) in [5.41, 5.74) is 2.85. The highest BCUT2D eigenvalue weighted by Gasteiger charge is 2.34. The molecule has 41 heavy (non-hydrogen) atoms. The predicted octanol–water partition coefficient (Wildman–Crippen LogP) is 4.11. The zero-order valence-electron chi connectivity index (χ0n) is 24.6. The maximum absolute atomic E-state index is 13.9. The molecule has 0 aliphatic carbocycles. The summed E-state index contributed by atoms with van der Waals surface area (Å²) < 4.78 is 40.7. The van der Waals surface area contributed by atoms with E-state index >= 15 is 0 Å². The fourth-order valence-corrected chi connectivity index (χ4v) is 6.17. The minimum Gasteiger partial charge on any atom is -0.494 e. The summed E-state index contributed by atoms with van der Waals surface area (Å²) in [6.45, 7) is 7.55. The lowest BCUT2D eigenvalue weighted by Crippen LogP contribution is -2.29. The second-order valence-electron chi connectivity index (χ2n) is 9.30. The average Bonchev–Trinajstić information content (AvgIpc) is 3.41. The smallest absolute Gasteiger partial charge is 0.187 e. The molecular formula is C29H38N6O5S. The van der Waals surface area contributed by atoms with E-state index in [-0.39, 0.29) is 17.5 Å². The van der Waals surface area contributed by atoms with Gasteiger partial charge < -0.3 is 14.6 Å². The highest BCUT2D eigenvalue weighted by Crippen LogP contribution is 2.37. The van der Waals surface area contributed by atoms with Gasteiger partial charge in [0.2, 0.25) is 0 Å². The summed E-state index contributed by atoms with van der Waals surface area (Å²) in [7, 11) is 0.352. The Kier molecular flexibility index (Phi) is 10.9. The summed E-state index contributed by atoms with van der Waals surface area (Å²) in [6.07, 6.45) is 4.71. The highest BCUT2D eigenvalue weighted by molar-refractivity contribution is 7.91. The lowest BCUT2D eigenvalue weighted by molar-refractivity contribution is 0.390. The zero-order chi connectivity index (χ0) is 30.2. The van der Waals surface area contributed by atoms with E-state index in [1.807, 2.05) is 39.0 Å². The number of aliphatic hydroxyl groups excluding tert-OH is 1. The lowest BCUT2D eigenvalue weighted by atomic mass is 10.0. The second-order valence-corrected chi connectivity index (χ2v) is 11.7. The van der Waals surface area contributed by atoms with E-state index < -0.39 is 15.1 Å². The average molecular weight is 583 g/mol. The molecule has 4 aromatic rings. The van der Waals surface area contributed by atoms with E-state index in [1.54, 1.807) is 56.3 Å². The molecule has 2 atom stereocenters. The van der Waals surface area contributed by atoms with Gasteiger partial charge in [-0.15, -0.1) is 10.2 Å². The van der Waals surface area contributed by atoms with Gasteiger partial charge in [-0.25, -0.2) is 23.4 Å². The van der Waals surface area contributed by atoms with Crippen LogP contribution in [0.5, 0.6) is 11.5 Å². The molecule has 0 spiro atoms. The van der Waals surface area contributed by atoms with Crippen LogP contribution in [0.4, 0.5) is 0 Å². The van der Waals surface area contributed by atoms with Gasteiger partial charge in [0, 0.05) is 31.1 Å². The molecule has 0 saturated heterocycles. The molecule has 0 aliphatic heterocycles. The van der Waals surface area contributed by atoms with Crippen LogP contribution < -0.4 is 9.47 Å². The third kappa shape index (κ3) is 6.88. The van der Waals surface area contributed by atoms with E-state index in [9.17, 15) is 8.42 Å². The van der Waals surface area contributed by atoms with Crippen molar-refractivity contribution in [2.24, 2.45) is 0 Å². The topological polar surface area (TPSA) is 142 Å². The number of rotatable bonds is 11. The summed E-state index contributed by atoms with van der Waals surface area (Å²) in [4.78, 5) is 13.5. The number of hydrogen-bond donors (Lipinski definition) is 1. The number of ether oxygens (including phenoxy) is 2. The molecule has 3 heterocycles. The van der Waals surface area contributed by atoms with Crippen LogP contribution in [0.2, 0.25) is 0 Å². The minimum absolute atomic E-state index is 0.225. The summed E-state index contributed by atoms with van der Waals surface area (Å²) >= 11 is 0. The molecule has 1 aromatic carbocycles. The number of nitrogens with zero attached hydrogens (tertiary/aromatic N) is 6. The second kappa shape index (κ2) is 14.1. The molecule has 0 amide bonds. The Hall–Kier alpha value is -3.90. The first-order valence-electron chi connectivity index (χ1n) is 13.3. The van der Waals surface area contributed by atoms with E-state index in [0.29, 0.717) is 40.9 Å². The van der Waals surface area contributed by atoms with Gasteiger partial charge in [0.1, 0.15) is 34.5 Å². The molecule has 0 radical (unpaired) electrons. The van der Waals surface area contributed by atoms with Gasteiger partial charge >= 0.3 is 0 Å². The van der Waals surface area contributed by atoms with E-state index in [4.69, 9.17) is 19.6 Å². The quantitative estimate of drug-likeness (QED) is 0.274. The molecular weight excluding hydrogens is 544 g/mol. The molecule has 1 N–H and O–H groups in total. The van der Waals surface area contributed by atoms with Gasteiger partial charge in [-0.2, -0.15) is 0 Å². The van der Waals surface area contributed by atoms with Gasteiger partial charge in [-0.1, -0.05) is 26.0 Å². The predicted molar refractivity (Wildman–Crippen MR) is 157 cm³/mol. The van der Waals surface area contributed by atoms with Gasteiger partial charge in [0.15, 0.2) is 21.5 Å². The van der Waals surface area contributed by atoms with Crippen molar-refractivity contribution in [2.75, 3.05) is 21.3 Å². The monoisotopic (exact) mass is 582 g/mol. The van der Waals surface area contributed by atoms with Crippen molar-refractivity contribution >= 4 is 9.84 Å². The van der Waals surface area contributed by atoms with Crippen LogP contribution in [0.25, 0.3) is 17.2 Å². The van der Waals surface area contributed by atoms with Crippen LogP contribution in [-0.2, 0) is 22.0 Å². The van der Waals surface area contributed by atoms with Crippen molar-refractivity contribution in [3.05, 3.63) is 71.7 Å². The van der Waals surface area contributed by atoms with Crippen LogP contribution >= 0.6 is 0 Å². The first-order chi connectivity index (χ1) is 19.7. The number of methoxy groups -OCH3 is 2. The third-order valence-electron chi connectivity index (χ3n) is 6.79. The van der Waals surface area contributed by atoms with Gasteiger partial charge in [0.05, 0.1) is 19.5 Å². The molecule has 0 fully saturated rings. The molecule has 0 bridgehead atoms. The number of benzene rings is 1. The molecule has 0 unspecified atom stereocenters. The number of aliphatic hydroxyl groups is 1. The number of para-hydroxylation sites is 1. The van der Waals surface area contributed by atoms with Crippen molar-refractivity contribution in [1.29, 1.82) is 0 Å². The maximum atomic E-state index is 13.9. The Bertz CT molecular complexity index is 1520. The van der Waals surface area contributed by atoms with Crippen molar-refractivity contribution in [2.45, 2.75) is 57.5 Å². The zero-order valence-corrected chi connectivity index (χ0v) is 25.4. The molecule has 0 saturated carbocycles. The maximum Gasteiger partial charge on any atom is 0.187 e. The first kappa shape index (κ1) is 31.6. The largest absolute Gasteiger partial charge is 0.494 e. The number of pyridine rings is 1. The van der Waals surface area contributed by atoms with E-state index in [1.165, 1.54) is 0 Å². The molecule has 3 aromatic heterocycles. The Balaban J connectivity index is 0.00000226. The fraction of sp³-hybridized carbons (Fsp3) is 0.414. The molecule has 0 aliphatic rings. The molecule has 4 rings (SSSR count). The van der Waals surface area contributed by atoms with Crippen LogP contribution in [0.3, 0.4) is 0 Å². The van der Waals surface area contributed by atoms with Crippen molar-refractivity contribution in [1.82, 2.24) is 29.7 Å². The van der Waals surface area contributed by atoms with Crippen LogP contribution in [0, 0.1) is 6.92 Å². The Morgan fingerprint density at radius 1 is 0.951 bits per heavy atom. The molecule has 11 nitrogen and oxygen atoms in total. The van der Waals surface area contributed by atoms with Crippen molar-refractivity contribution < 1.29 is 23.0 Å². The van der Waals surface area contributed by atoms with Crippen molar-refractivity contribution in [3.8, 4) is 28.7 Å². The summed E-state index contributed by atoms with van der Waals surface area (Å²) in [5.74, 6) is 1.34. The van der Waals surface area contributed by atoms with Crippen LogP contribution in [0.1, 0.15) is 56.0 Å². The Labute approximate surface area is 241 Å². The van der Waals surface area contributed by atoms with Gasteiger partial charge in [-0.05, 0) is 56.5 Å². The first-order valence-corrected chi connectivity index (χ1v) is 15.0. The SMILES string of the molecule is CCc1cccc(-c2nnc(CS(=O)(=O)[C@@H](C)[C@H](CC)c3ncc(C)cn3)n2-c2c(OC)cccc2OC)n1.CO. The summed E-state index contributed by atoms with van der Waals surface area (Å²) in [6, 6.07) is 11.0. The van der Waals surface area contributed by atoms with Crippen LogP contribution in [0.15, 0.2) is 48.8 Å². The standard InChI is InChI=1S/C28H34N6O4S.CH4O/c1-7-20-11-9-12-22(31-20)28-33-32-25(34(28)26-23(37-5)13-10-14-24(26)38-6)17-39(35,36)19(4)21(8-2)27-29-15-18(3)16-30-27;1-2/h9-16,19,21H,7-8,17H2,1-6H3;2H,1H3/t19-,21-;/m0./s1. The van der Waals surface area contributed by atoms with E-state index in [2.05, 4.69) is 20.2 Å². The van der Waals surface area contributed by atoms with Gasteiger partial charge in [-0.3, -0.25) is 4.57 Å². The number of aromatic nitrogens is 6. The third-order valence-corrected chi connectivity index (χ3v) is 8.91. The number of hydrogen-bond acceptors (Lipinski definition) is 10. The normalized spacial score (nSPS) is 12.7. The molecule has 220 valence electrons. The van der Waals surface area contributed by atoms with Crippen LogP contribution in [-0.4, -0.2) is 69.8 Å².